The van der Waals surface area contributed by atoms with E-state index in [1.807, 2.05) is 6.08 Å². The van der Waals surface area contributed by atoms with Crippen LogP contribution in [0.2, 0.25) is 0 Å². The van der Waals surface area contributed by atoms with Crippen molar-refractivity contribution in [2.75, 3.05) is 26.3 Å². The predicted octanol–water partition coefficient (Wildman–Crippen LogP) is 1.57. The molecule has 0 N–H and O–H groups in total. The van der Waals surface area contributed by atoms with Gasteiger partial charge in [0.1, 0.15) is 5.54 Å². The van der Waals surface area contributed by atoms with Gasteiger partial charge in [-0.3, -0.25) is 4.90 Å². The van der Waals surface area contributed by atoms with Crippen molar-refractivity contribution in [3.8, 4) is 6.07 Å². The van der Waals surface area contributed by atoms with Gasteiger partial charge >= 0.3 is 0 Å². The molecule has 0 aromatic heterocycles. The van der Waals surface area contributed by atoms with E-state index in [0.717, 1.165) is 39.1 Å². The number of hydrogen-bond donors (Lipinski definition) is 0. The van der Waals surface area contributed by atoms with E-state index >= 15 is 0 Å². The monoisotopic (exact) mass is 194 g/mol. The topological polar surface area (TPSA) is 36.3 Å². The standard InChI is InChI=1S/C11H18N2O/c1-3-5-11(4-2,10-12)13-6-8-14-9-7-13/h3H,1,4-9H2,2H3. The normalized spacial score (nSPS) is 22.3. The van der Waals surface area contributed by atoms with Gasteiger partial charge in [0.2, 0.25) is 0 Å². The van der Waals surface area contributed by atoms with Crippen molar-refractivity contribution in [2.45, 2.75) is 25.3 Å². The van der Waals surface area contributed by atoms with Crippen molar-refractivity contribution in [1.82, 2.24) is 4.90 Å². The molecule has 1 heterocycles. The van der Waals surface area contributed by atoms with Gasteiger partial charge in [0.05, 0.1) is 19.3 Å². The SMILES string of the molecule is C=CCC(C#N)(CC)N1CCOCC1. The maximum atomic E-state index is 9.28. The molecule has 14 heavy (non-hydrogen) atoms. The Hall–Kier alpha value is -0.850. The van der Waals surface area contributed by atoms with Gasteiger partial charge in [-0.2, -0.15) is 5.26 Å². The van der Waals surface area contributed by atoms with Crippen molar-refractivity contribution in [3.63, 3.8) is 0 Å². The maximum absolute atomic E-state index is 9.28. The molecule has 0 amide bonds. The summed E-state index contributed by atoms with van der Waals surface area (Å²) < 4.78 is 5.29. The molecule has 1 atom stereocenters. The number of morpholine rings is 1. The van der Waals surface area contributed by atoms with Gasteiger partial charge in [0.15, 0.2) is 0 Å². The Kier molecular flexibility index (Phi) is 4.12. The summed E-state index contributed by atoms with van der Waals surface area (Å²) in [5, 5.41) is 9.28. The molecule has 1 unspecified atom stereocenters. The van der Waals surface area contributed by atoms with Crippen LogP contribution in [0.5, 0.6) is 0 Å². The predicted molar refractivity (Wildman–Crippen MR) is 55.8 cm³/mol. The van der Waals surface area contributed by atoms with Crippen LogP contribution in [0.3, 0.4) is 0 Å². The molecule has 0 aliphatic carbocycles. The fraction of sp³-hybridized carbons (Fsp3) is 0.727. The minimum Gasteiger partial charge on any atom is -0.379 e. The molecule has 1 aliphatic heterocycles. The van der Waals surface area contributed by atoms with Crippen molar-refractivity contribution < 1.29 is 4.74 Å². The molecule has 1 rings (SSSR count). The summed E-state index contributed by atoms with van der Waals surface area (Å²) in [5.74, 6) is 0. The lowest BCUT2D eigenvalue weighted by atomic mass is 9.91. The summed E-state index contributed by atoms with van der Waals surface area (Å²) in [5.41, 5.74) is -0.356. The van der Waals surface area contributed by atoms with Crippen molar-refractivity contribution >= 4 is 0 Å². The van der Waals surface area contributed by atoms with Crippen LogP contribution in [-0.4, -0.2) is 36.7 Å². The lowest BCUT2D eigenvalue weighted by molar-refractivity contribution is -0.00389. The van der Waals surface area contributed by atoms with E-state index in [0.29, 0.717) is 0 Å². The van der Waals surface area contributed by atoms with Crippen LogP contribution >= 0.6 is 0 Å². The first-order valence-electron chi connectivity index (χ1n) is 5.14. The van der Waals surface area contributed by atoms with E-state index in [2.05, 4.69) is 24.5 Å². The highest BCUT2D eigenvalue weighted by atomic mass is 16.5. The average molecular weight is 194 g/mol. The second-order valence-corrected chi connectivity index (χ2v) is 3.59. The number of rotatable bonds is 4. The lowest BCUT2D eigenvalue weighted by Gasteiger charge is -2.39. The molecule has 3 nitrogen and oxygen atoms in total. The van der Waals surface area contributed by atoms with Gasteiger partial charge in [0.25, 0.3) is 0 Å². The Morgan fingerprint density at radius 2 is 2.21 bits per heavy atom. The Balaban J connectivity index is 2.73. The summed E-state index contributed by atoms with van der Waals surface area (Å²) in [4.78, 5) is 2.22. The van der Waals surface area contributed by atoms with Crippen LogP contribution in [0.25, 0.3) is 0 Å². The molecule has 1 saturated heterocycles. The highest BCUT2D eigenvalue weighted by Gasteiger charge is 2.34. The molecule has 0 aromatic carbocycles. The third-order valence-corrected chi connectivity index (χ3v) is 2.89. The first-order chi connectivity index (χ1) is 6.79. The van der Waals surface area contributed by atoms with Gasteiger partial charge in [-0.25, -0.2) is 0 Å². The molecule has 0 spiro atoms. The molecule has 78 valence electrons. The van der Waals surface area contributed by atoms with Gasteiger partial charge < -0.3 is 4.74 Å². The van der Waals surface area contributed by atoms with Crippen LogP contribution in [0, 0.1) is 11.3 Å². The zero-order chi connectivity index (χ0) is 10.4. The molecule has 3 heteroatoms. The van der Waals surface area contributed by atoms with Gasteiger partial charge in [-0.1, -0.05) is 13.0 Å². The molecular formula is C11H18N2O. The average Bonchev–Trinajstić information content (AvgIpc) is 2.27. The van der Waals surface area contributed by atoms with Crippen LogP contribution in [-0.2, 0) is 4.74 Å². The number of ether oxygens (including phenoxy) is 1. The number of nitrogens with zero attached hydrogens (tertiary/aromatic N) is 2. The van der Waals surface area contributed by atoms with Gasteiger partial charge in [0, 0.05) is 13.1 Å². The maximum Gasteiger partial charge on any atom is 0.112 e. The van der Waals surface area contributed by atoms with Gasteiger partial charge in [-0.15, -0.1) is 6.58 Å². The largest absolute Gasteiger partial charge is 0.379 e. The molecule has 1 fully saturated rings. The van der Waals surface area contributed by atoms with E-state index in [9.17, 15) is 5.26 Å². The zero-order valence-corrected chi connectivity index (χ0v) is 8.83. The lowest BCUT2D eigenvalue weighted by Crippen LogP contribution is -2.52. The summed E-state index contributed by atoms with van der Waals surface area (Å²) in [7, 11) is 0. The highest BCUT2D eigenvalue weighted by molar-refractivity contribution is 5.11. The Labute approximate surface area is 86.0 Å². The molecule has 0 radical (unpaired) electrons. The summed E-state index contributed by atoms with van der Waals surface area (Å²) in [6.07, 6.45) is 3.41. The Morgan fingerprint density at radius 3 is 2.64 bits per heavy atom. The summed E-state index contributed by atoms with van der Waals surface area (Å²) in [6.45, 7) is 8.97. The molecule has 1 aliphatic rings. The van der Waals surface area contributed by atoms with E-state index < -0.39 is 0 Å². The van der Waals surface area contributed by atoms with E-state index in [1.54, 1.807) is 0 Å². The summed E-state index contributed by atoms with van der Waals surface area (Å²) >= 11 is 0. The fourth-order valence-electron chi connectivity index (χ4n) is 1.92. The van der Waals surface area contributed by atoms with Crippen LogP contribution < -0.4 is 0 Å². The minimum atomic E-state index is -0.356. The number of hydrogen-bond acceptors (Lipinski definition) is 3. The van der Waals surface area contributed by atoms with Crippen molar-refractivity contribution in [2.24, 2.45) is 0 Å². The smallest absolute Gasteiger partial charge is 0.112 e. The second kappa shape index (κ2) is 5.14. The Morgan fingerprint density at radius 1 is 1.57 bits per heavy atom. The molecule has 0 aromatic rings. The first kappa shape index (κ1) is 11.2. The summed E-state index contributed by atoms with van der Waals surface area (Å²) in [6, 6.07) is 2.44. The second-order valence-electron chi connectivity index (χ2n) is 3.59. The quantitative estimate of drug-likeness (QED) is 0.637. The molecule has 0 saturated carbocycles. The third-order valence-electron chi connectivity index (χ3n) is 2.89. The fourth-order valence-corrected chi connectivity index (χ4v) is 1.92. The van der Waals surface area contributed by atoms with Crippen molar-refractivity contribution in [1.29, 1.82) is 5.26 Å². The highest BCUT2D eigenvalue weighted by Crippen LogP contribution is 2.24. The van der Waals surface area contributed by atoms with Crippen LogP contribution in [0.15, 0.2) is 12.7 Å². The minimum absolute atomic E-state index is 0.356. The Bertz CT molecular complexity index is 228. The molecule has 0 bridgehead atoms. The van der Waals surface area contributed by atoms with Crippen LogP contribution in [0.1, 0.15) is 19.8 Å². The van der Waals surface area contributed by atoms with E-state index in [4.69, 9.17) is 4.74 Å². The van der Waals surface area contributed by atoms with Gasteiger partial charge in [-0.05, 0) is 12.8 Å². The van der Waals surface area contributed by atoms with Crippen LogP contribution in [0.4, 0.5) is 0 Å². The van der Waals surface area contributed by atoms with Crippen molar-refractivity contribution in [3.05, 3.63) is 12.7 Å². The van der Waals surface area contributed by atoms with E-state index in [1.165, 1.54) is 0 Å². The molecular weight excluding hydrogens is 176 g/mol. The third kappa shape index (κ3) is 2.14. The first-order valence-corrected chi connectivity index (χ1v) is 5.14. The zero-order valence-electron chi connectivity index (χ0n) is 8.83. The number of nitriles is 1. The van der Waals surface area contributed by atoms with E-state index in [-0.39, 0.29) is 5.54 Å².